The van der Waals surface area contributed by atoms with Gasteiger partial charge in [-0.1, -0.05) is 60.7 Å². The van der Waals surface area contributed by atoms with E-state index in [-0.39, 0.29) is 16.9 Å². The van der Waals surface area contributed by atoms with Crippen molar-refractivity contribution in [2.45, 2.75) is 0 Å². The minimum Gasteiger partial charge on any atom is -0.289 e. The largest absolute Gasteiger partial charge is 0.289 e. The fourth-order valence-corrected chi connectivity index (χ4v) is 6.50. The maximum Gasteiger partial charge on any atom is 0.288 e. The molecule has 0 unspecified atom stereocenters. The van der Waals surface area contributed by atoms with E-state index in [4.69, 9.17) is 0 Å². The third-order valence-electron chi connectivity index (χ3n) is 8.27. The van der Waals surface area contributed by atoms with Gasteiger partial charge in [0.25, 0.3) is 11.4 Å². The van der Waals surface area contributed by atoms with E-state index in [0.29, 0.717) is 27.6 Å². The zero-order valence-electron chi connectivity index (χ0n) is 21.6. The van der Waals surface area contributed by atoms with Gasteiger partial charge >= 0.3 is 0 Å². The second-order valence-corrected chi connectivity index (χ2v) is 10.5. The number of carbonyl (C=O) groups is 2. The molecule has 0 atom stereocenters. The van der Waals surface area contributed by atoms with Crippen LogP contribution >= 0.6 is 0 Å². The fraction of sp³-hybridized carbons (Fsp3) is 0. The summed E-state index contributed by atoms with van der Waals surface area (Å²) in [7, 11) is 0. The predicted octanol–water partition coefficient (Wildman–Crippen LogP) is 7.90. The molecule has 6 aromatic rings. The Morgan fingerprint density at radius 2 is 1.02 bits per heavy atom. The molecule has 198 valence electrons. The number of benzene rings is 6. The van der Waals surface area contributed by atoms with Gasteiger partial charge in [0.15, 0.2) is 5.78 Å². The molecule has 42 heavy (non-hydrogen) atoms. The maximum absolute atomic E-state index is 13.6. The first kappa shape index (κ1) is 23.8. The number of nitro benzene ring substituents is 2. The van der Waals surface area contributed by atoms with Gasteiger partial charge in [0.05, 0.1) is 15.9 Å². The number of carbonyl (C=O) groups excluding carboxylic acids is 2. The summed E-state index contributed by atoms with van der Waals surface area (Å²) in [6, 6.07) is 28.2. The average Bonchev–Trinajstić information content (AvgIpc) is 3.01. The van der Waals surface area contributed by atoms with Crippen LogP contribution in [0.25, 0.3) is 54.9 Å². The molecule has 0 bridgehead atoms. The molecule has 0 aliphatic heterocycles. The number of fused-ring (bicyclic) bond motifs is 4. The zero-order chi connectivity index (χ0) is 28.9. The summed E-state index contributed by atoms with van der Waals surface area (Å²) >= 11 is 0. The number of hydrogen-bond acceptors (Lipinski definition) is 6. The van der Waals surface area contributed by atoms with Crippen LogP contribution in [0.4, 0.5) is 11.4 Å². The van der Waals surface area contributed by atoms with E-state index in [0.717, 1.165) is 44.5 Å². The standard InChI is InChI=1S/C34H16N2O6/c37-33-23-8-2-1-7-22(23)26-13-19(11-17-5-3-9-24(33)30(17)26)20-12-18-6-4-10-25-31(18)27(14-20)28-15-21(35(39)40)16-29(36(41)42)32(28)34(25)38/h1-16H. The SMILES string of the molecule is O=C1c2ccccc2-c2cc(-c3cc4c5c(cccc5c3)C(=O)c3c-4cc([N+](=O)[O-])cc3[N+](=O)[O-])cc3cccc1c23. The van der Waals surface area contributed by atoms with Crippen LogP contribution in [-0.2, 0) is 0 Å². The van der Waals surface area contributed by atoms with Crippen molar-refractivity contribution in [1.82, 2.24) is 0 Å². The first-order valence-electron chi connectivity index (χ1n) is 13.1. The third-order valence-corrected chi connectivity index (χ3v) is 8.27. The number of nitro groups is 2. The lowest BCUT2D eigenvalue weighted by molar-refractivity contribution is -0.394. The highest BCUT2D eigenvalue weighted by atomic mass is 16.6. The minimum absolute atomic E-state index is 0.0245. The van der Waals surface area contributed by atoms with Crippen LogP contribution in [-0.4, -0.2) is 21.4 Å². The molecule has 0 N–H and O–H groups in total. The van der Waals surface area contributed by atoms with E-state index in [1.807, 2.05) is 72.8 Å². The number of ketones is 2. The molecule has 8 rings (SSSR count). The van der Waals surface area contributed by atoms with Crippen LogP contribution in [0, 0.1) is 20.2 Å². The Labute approximate surface area is 236 Å². The van der Waals surface area contributed by atoms with Crippen molar-refractivity contribution in [3.8, 4) is 33.4 Å². The summed E-state index contributed by atoms with van der Waals surface area (Å²) < 4.78 is 0. The quantitative estimate of drug-likeness (QED) is 0.163. The summed E-state index contributed by atoms with van der Waals surface area (Å²) in [5.41, 5.74) is 4.37. The number of rotatable bonds is 3. The molecule has 8 nitrogen and oxygen atoms in total. The topological polar surface area (TPSA) is 120 Å². The van der Waals surface area contributed by atoms with Crippen LogP contribution in [0.5, 0.6) is 0 Å². The van der Waals surface area contributed by atoms with E-state index in [1.54, 1.807) is 12.1 Å². The smallest absolute Gasteiger partial charge is 0.288 e. The Kier molecular flexibility index (Phi) is 4.68. The summed E-state index contributed by atoms with van der Waals surface area (Å²) in [6.07, 6.45) is 0. The van der Waals surface area contributed by atoms with Crippen LogP contribution in [0.1, 0.15) is 31.8 Å². The van der Waals surface area contributed by atoms with E-state index in [1.165, 1.54) is 6.07 Å². The van der Waals surface area contributed by atoms with Crippen LogP contribution in [0.15, 0.2) is 97.1 Å². The van der Waals surface area contributed by atoms with E-state index in [9.17, 15) is 29.8 Å². The molecule has 0 saturated heterocycles. The Morgan fingerprint density at radius 1 is 0.476 bits per heavy atom. The van der Waals surface area contributed by atoms with Crippen molar-refractivity contribution in [3.05, 3.63) is 140 Å². The van der Waals surface area contributed by atoms with Gasteiger partial charge in [-0.05, 0) is 62.9 Å². The van der Waals surface area contributed by atoms with Gasteiger partial charge in [-0.15, -0.1) is 0 Å². The van der Waals surface area contributed by atoms with E-state index in [2.05, 4.69) is 0 Å². The molecule has 2 aliphatic carbocycles. The number of hydrogen-bond donors (Lipinski definition) is 0. The predicted molar refractivity (Wildman–Crippen MR) is 158 cm³/mol. The highest BCUT2D eigenvalue weighted by Crippen LogP contribution is 2.47. The Balaban J connectivity index is 1.46. The van der Waals surface area contributed by atoms with Gasteiger partial charge in [0, 0.05) is 39.1 Å². The second-order valence-electron chi connectivity index (χ2n) is 10.5. The Morgan fingerprint density at radius 3 is 1.62 bits per heavy atom. The lowest BCUT2D eigenvalue weighted by Crippen LogP contribution is -2.13. The first-order valence-corrected chi connectivity index (χ1v) is 13.1. The van der Waals surface area contributed by atoms with Crippen LogP contribution in [0.3, 0.4) is 0 Å². The lowest BCUT2D eigenvalue weighted by atomic mass is 9.79. The Hall–Kier alpha value is -6.02. The first-order chi connectivity index (χ1) is 20.3. The highest BCUT2D eigenvalue weighted by Gasteiger charge is 2.35. The summed E-state index contributed by atoms with van der Waals surface area (Å²) in [5.74, 6) is -0.565. The van der Waals surface area contributed by atoms with Gasteiger partial charge in [-0.3, -0.25) is 29.8 Å². The lowest BCUT2D eigenvalue weighted by Gasteiger charge is -2.23. The van der Waals surface area contributed by atoms with Crippen LogP contribution in [0.2, 0.25) is 0 Å². The van der Waals surface area contributed by atoms with Crippen LogP contribution < -0.4 is 0 Å². The molecule has 0 heterocycles. The summed E-state index contributed by atoms with van der Waals surface area (Å²) in [4.78, 5) is 49.2. The number of non-ortho nitro benzene ring substituents is 1. The summed E-state index contributed by atoms with van der Waals surface area (Å²) in [5, 5.41) is 26.8. The molecule has 0 fully saturated rings. The van der Waals surface area contributed by atoms with Crippen molar-refractivity contribution in [2.24, 2.45) is 0 Å². The van der Waals surface area contributed by atoms with Gasteiger partial charge in [-0.25, -0.2) is 0 Å². The minimum atomic E-state index is -0.747. The van der Waals surface area contributed by atoms with Crippen molar-refractivity contribution in [2.75, 3.05) is 0 Å². The van der Waals surface area contributed by atoms with Gasteiger partial charge in [-0.2, -0.15) is 0 Å². The normalized spacial score (nSPS) is 12.8. The number of nitrogens with zero attached hydrogens (tertiary/aromatic N) is 2. The molecule has 6 aromatic carbocycles. The molecule has 8 heteroatoms. The van der Waals surface area contributed by atoms with Gasteiger partial charge < -0.3 is 0 Å². The molecule has 2 aliphatic rings. The highest BCUT2D eigenvalue weighted by molar-refractivity contribution is 6.29. The molecular weight excluding hydrogens is 532 g/mol. The molecule has 0 radical (unpaired) electrons. The third kappa shape index (κ3) is 3.11. The zero-order valence-corrected chi connectivity index (χ0v) is 21.6. The molecule has 0 amide bonds. The van der Waals surface area contributed by atoms with Gasteiger partial charge in [0.1, 0.15) is 5.56 Å². The average molecular weight is 549 g/mol. The Bertz CT molecular complexity index is 2300. The fourth-order valence-electron chi connectivity index (χ4n) is 6.50. The molecular formula is C34H16N2O6. The maximum atomic E-state index is 13.6. The molecule has 0 spiro atoms. The molecule has 0 saturated carbocycles. The van der Waals surface area contributed by atoms with Crippen molar-refractivity contribution in [3.63, 3.8) is 0 Å². The van der Waals surface area contributed by atoms with Crippen molar-refractivity contribution in [1.29, 1.82) is 0 Å². The van der Waals surface area contributed by atoms with E-state index < -0.39 is 27.0 Å². The monoisotopic (exact) mass is 548 g/mol. The van der Waals surface area contributed by atoms with Crippen molar-refractivity contribution < 1.29 is 19.4 Å². The molecule has 0 aromatic heterocycles. The summed E-state index contributed by atoms with van der Waals surface area (Å²) in [6.45, 7) is 0. The second kappa shape index (κ2) is 8.25. The van der Waals surface area contributed by atoms with Crippen molar-refractivity contribution >= 4 is 44.5 Å². The van der Waals surface area contributed by atoms with Gasteiger partial charge in [0.2, 0.25) is 5.78 Å². The van der Waals surface area contributed by atoms with E-state index >= 15 is 0 Å².